The summed E-state index contributed by atoms with van der Waals surface area (Å²) in [6.07, 6.45) is 3.51. The Morgan fingerprint density at radius 2 is 1.54 bits per heavy atom. The van der Waals surface area contributed by atoms with E-state index in [-0.39, 0.29) is 57.8 Å². The van der Waals surface area contributed by atoms with Crippen LogP contribution in [0.3, 0.4) is 0 Å². The summed E-state index contributed by atoms with van der Waals surface area (Å²) in [5.41, 5.74) is 21.4. The molecule has 1 aliphatic rings. The molecule has 19 heteroatoms. The largest absolute Gasteiger partial charge is 0.492 e. The van der Waals surface area contributed by atoms with E-state index in [1.54, 1.807) is 62.0 Å². The second-order valence-electron chi connectivity index (χ2n) is 16.4. The molecule has 0 fully saturated rings. The van der Waals surface area contributed by atoms with E-state index in [0.29, 0.717) is 51.0 Å². The first-order chi connectivity index (χ1) is 32.7. The minimum atomic E-state index is -1.40. The van der Waals surface area contributed by atoms with Crippen molar-refractivity contribution in [1.29, 1.82) is 5.26 Å². The van der Waals surface area contributed by atoms with Crippen LogP contribution in [-0.4, -0.2) is 115 Å². The van der Waals surface area contributed by atoms with Crippen molar-refractivity contribution < 1.29 is 33.4 Å². The number of fused-ring (bicyclic) bond motifs is 5. The van der Waals surface area contributed by atoms with E-state index in [0.717, 1.165) is 29.1 Å². The number of hydrogen-bond donors (Lipinski definition) is 7. The van der Waals surface area contributed by atoms with Gasteiger partial charge in [-0.2, -0.15) is 5.26 Å². The highest BCUT2D eigenvalue weighted by molar-refractivity contribution is 7.99. The maximum atomic E-state index is 14.7. The molecule has 2 heterocycles. The third-order valence-electron chi connectivity index (χ3n) is 11.2. The fraction of sp³-hybridized carbons (Fsp3) is 0.429. The average Bonchev–Trinajstić information content (AvgIpc) is 3.32. The molecule has 68 heavy (non-hydrogen) atoms. The standard InChI is InChI=1S/C49H63N11O7S/c1-6-7-8-25-68-35-13-10-33(11-14-35)44-55-29(2)42(30(3)56-44)47(63)58-38(17-18-50)49(65)60(5)43-34-12-16-41(67-24-21-53)37(28-34)36-26-32(9-15-40(36)66-23-20-52)27-39(46(62)54-22-19-51)59-45(61)31(4)57-48(43)64/h9-16,26,28,31,38-39,43H,6-8,17-18,20-25,27,50,52-53H2,1-5H3,(H,54,62)(H,57,64)(H,58,63)(H,59,61)/t31-,38?,39-,43-/m0/s1. The van der Waals surface area contributed by atoms with Gasteiger partial charge >= 0.3 is 0 Å². The molecular weight excluding hydrogens is 887 g/mol. The molecule has 4 aromatic rings. The molecule has 3 aromatic carbocycles. The summed E-state index contributed by atoms with van der Waals surface area (Å²) < 4.78 is 12.2. The zero-order valence-corrected chi connectivity index (χ0v) is 40.2. The van der Waals surface area contributed by atoms with Gasteiger partial charge < -0.3 is 52.8 Å². The first-order valence-electron chi connectivity index (χ1n) is 22.8. The van der Waals surface area contributed by atoms with Crippen LogP contribution in [0.5, 0.6) is 11.5 Å². The molecule has 18 nitrogen and oxygen atoms in total. The number of aryl methyl sites for hydroxylation is 2. The molecule has 0 saturated carbocycles. The Kier molecular flexibility index (Phi) is 19.7. The highest BCUT2D eigenvalue weighted by atomic mass is 32.2. The predicted octanol–water partition coefficient (Wildman–Crippen LogP) is 3.22. The Balaban J connectivity index is 1.53. The maximum Gasteiger partial charge on any atom is 0.255 e. The highest BCUT2D eigenvalue weighted by Crippen LogP contribution is 2.40. The van der Waals surface area contributed by atoms with Gasteiger partial charge in [-0.1, -0.05) is 44.0 Å². The zero-order valence-electron chi connectivity index (χ0n) is 39.4. The molecule has 0 radical (unpaired) electrons. The van der Waals surface area contributed by atoms with Gasteiger partial charge in [-0.3, -0.25) is 24.0 Å². The third-order valence-corrected chi connectivity index (χ3v) is 12.3. The second kappa shape index (κ2) is 25.5. The summed E-state index contributed by atoms with van der Waals surface area (Å²) in [4.78, 5) is 82.3. The minimum absolute atomic E-state index is 0.00123. The number of aromatic nitrogens is 2. The van der Waals surface area contributed by atoms with Gasteiger partial charge in [0.1, 0.15) is 55.4 Å². The van der Waals surface area contributed by atoms with Crippen molar-refractivity contribution >= 4 is 41.3 Å². The van der Waals surface area contributed by atoms with E-state index in [2.05, 4.69) is 38.2 Å². The molecule has 1 aliphatic heterocycles. The van der Waals surface area contributed by atoms with Crippen LogP contribution in [0.4, 0.5) is 0 Å². The zero-order chi connectivity index (χ0) is 49.3. The normalized spacial score (nSPS) is 16.2. The molecule has 10 N–H and O–H groups in total. The summed E-state index contributed by atoms with van der Waals surface area (Å²) in [6.45, 7) is 7.40. The maximum absolute atomic E-state index is 14.7. The monoisotopic (exact) mass is 949 g/mol. The average molecular weight is 950 g/mol. The van der Waals surface area contributed by atoms with Crippen LogP contribution in [0.15, 0.2) is 65.6 Å². The van der Waals surface area contributed by atoms with E-state index in [1.165, 1.54) is 25.3 Å². The number of unbranched alkanes of at least 4 members (excludes halogenated alkanes) is 2. The van der Waals surface area contributed by atoms with Crippen molar-refractivity contribution in [2.75, 3.05) is 52.2 Å². The number of ether oxygens (including phenoxy) is 2. The molecule has 5 amide bonds. The van der Waals surface area contributed by atoms with Gasteiger partial charge in [0.05, 0.1) is 23.0 Å². The number of carbonyl (C=O) groups is 5. The number of nitrogens with two attached hydrogens (primary N) is 3. The number of carbonyl (C=O) groups excluding carboxylic acids is 5. The molecule has 362 valence electrons. The molecule has 1 aromatic heterocycles. The van der Waals surface area contributed by atoms with Gasteiger partial charge in [-0.05, 0) is 93.4 Å². The van der Waals surface area contributed by atoms with E-state index in [4.69, 9.17) is 26.7 Å². The van der Waals surface area contributed by atoms with Gasteiger partial charge in [-0.25, -0.2) is 9.97 Å². The summed E-state index contributed by atoms with van der Waals surface area (Å²) in [6, 6.07) is 15.0. The lowest BCUT2D eigenvalue weighted by molar-refractivity contribution is -0.141. The molecule has 5 rings (SSSR count). The number of hydrogen-bond acceptors (Lipinski definition) is 14. The fourth-order valence-electron chi connectivity index (χ4n) is 7.78. The predicted molar refractivity (Wildman–Crippen MR) is 260 cm³/mol. The quantitative estimate of drug-likeness (QED) is 0.0381. The first-order valence-corrected chi connectivity index (χ1v) is 23.8. The van der Waals surface area contributed by atoms with Crippen molar-refractivity contribution in [3.05, 3.63) is 88.7 Å². The summed E-state index contributed by atoms with van der Waals surface area (Å²) >= 11 is 1.80. The van der Waals surface area contributed by atoms with E-state index < -0.39 is 53.7 Å². The topological polar surface area (TPSA) is 283 Å². The molecule has 1 unspecified atom stereocenters. The van der Waals surface area contributed by atoms with Crippen molar-refractivity contribution in [3.8, 4) is 40.1 Å². The van der Waals surface area contributed by atoms with Crippen LogP contribution in [0, 0.1) is 25.2 Å². The van der Waals surface area contributed by atoms with Crippen molar-refractivity contribution in [2.45, 2.75) is 88.9 Å². The second-order valence-corrected chi connectivity index (χ2v) is 17.5. The van der Waals surface area contributed by atoms with Crippen molar-refractivity contribution in [3.63, 3.8) is 0 Å². The van der Waals surface area contributed by atoms with E-state index in [9.17, 15) is 29.2 Å². The Bertz CT molecular complexity index is 2440. The number of nitrogens with zero attached hydrogens (tertiary/aromatic N) is 4. The number of amides is 5. The number of thioether (sulfide) groups is 1. The highest BCUT2D eigenvalue weighted by Gasteiger charge is 2.36. The van der Waals surface area contributed by atoms with Crippen LogP contribution in [0.2, 0.25) is 0 Å². The molecule has 0 saturated heterocycles. The lowest BCUT2D eigenvalue weighted by Crippen LogP contribution is -2.56. The lowest BCUT2D eigenvalue weighted by atomic mass is 9.93. The lowest BCUT2D eigenvalue weighted by Gasteiger charge is -2.32. The number of rotatable bonds is 20. The molecule has 4 bridgehead atoms. The SMILES string of the molecule is CCCCCSc1ccc(-c2nc(C)c(C(=O)NC(CCN)C(=O)N(C)[C@@H]3C(=O)N[C@@H](C)C(=O)N[C@H](C(=O)NCC#N)Cc4ccc(OCCN)c(c4)-c4cc3ccc4OCCN)c(C)n2)cc1. The van der Waals surface area contributed by atoms with Crippen LogP contribution in [-0.2, 0) is 25.6 Å². The number of likely N-dealkylation sites (N-methyl/N-ethyl adjacent to an activating group) is 1. The summed E-state index contributed by atoms with van der Waals surface area (Å²) in [7, 11) is 1.42. The van der Waals surface area contributed by atoms with Gasteiger partial charge in [0.15, 0.2) is 5.82 Å². The smallest absolute Gasteiger partial charge is 0.255 e. The minimum Gasteiger partial charge on any atom is -0.492 e. The van der Waals surface area contributed by atoms with Crippen LogP contribution in [0.25, 0.3) is 22.5 Å². The van der Waals surface area contributed by atoms with Gasteiger partial charge in [0, 0.05) is 48.1 Å². The number of nitrogens with one attached hydrogen (secondary N) is 4. The van der Waals surface area contributed by atoms with Crippen LogP contribution in [0.1, 0.15) is 78.4 Å². The van der Waals surface area contributed by atoms with Crippen molar-refractivity contribution in [1.82, 2.24) is 36.1 Å². The van der Waals surface area contributed by atoms with Crippen LogP contribution >= 0.6 is 11.8 Å². The number of benzene rings is 3. The Morgan fingerprint density at radius 1 is 0.897 bits per heavy atom. The first kappa shape index (κ1) is 52.4. The Hall–Kier alpha value is -6.59. The van der Waals surface area contributed by atoms with E-state index in [1.807, 2.05) is 30.3 Å². The van der Waals surface area contributed by atoms with Gasteiger partial charge in [0.25, 0.3) is 5.91 Å². The molecule has 0 spiro atoms. The molecule has 4 atom stereocenters. The molecule has 0 aliphatic carbocycles. The van der Waals surface area contributed by atoms with Gasteiger partial charge in [-0.15, -0.1) is 11.8 Å². The fourth-order valence-corrected chi connectivity index (χ4v) is 8.69. The Morgan fingerprint density at radius 3 is 2.16 bits per heavy atom. The van der Waals surface area contributed by atoms with Gasteiger partial charge in [0.2, 0.25) is 23.6 Å². The summed E-state index contributed by atoms with van der Waals surface area (Å²) in [5.74, 6) is -1.06. The van der Waals surface area contributed by atoms with Crippen LogP contribution < -0.4 is 47.9 Å². The van der Waals surface area contributed by atoms with E-state index >= 15 is 0 Å². The van der Waals surface area contributed by atoms with Crippen molar-refractivity contribution in [2.24, 2.45) is 17.2 Å². The summed E-state index contributed by atoms with van der Waals surface area (Å²) in [5, 5.41) is 20.0. The molecular formula is C49H63N11O7S. The number of nitriles is 1. The Labute approximate surface area is 401 Å². The third kappa shape index (κ3) is 13.5.